The Morgan fingerprint density at radius 1 is 1.00 bits per heavy atom. The van der Waals surface area contributed by atoms with Gasteiger partial charge >= 0.3 is 5.97 Å². The zero-order chi connectivity index (χ0) is 28.9. The molecule has 2 heterocycles. The number of hydrogen-bond acceptors (Lipinski definition) is 6. The molecule has 0 aliphatic carbocycles. The summed E-state index contributed by atoms with van der Waals surface area (Å²) < 4.78 is 19.2. The van der Waals surface area contributed by atoms with E-state index in [0.717, 1.165) is 28.6 Å². The van der Waals surface area contributed by atoms with E-state index in [2.05, 4.69) is 13.8 Å². The van der Waals surface area contributed by atoms with Gasteiger partial charge in [-0.2, -0.15) is 0 Å². The standard InChI is InChI=1S/C33H37N3O5/c1-5-40-32(38)29-30(24-15-16-27(28(21-24)39-4)41-20-18-22(2)3)36-26-14-10-9-13-25(26)34-33(36)35(31(29)37)19-17-23-11-7-6-8-12-23/h6-16,21-22,29-30H,5,17-20H2,1-4H3/t29-,30-/m1/s1. The average molecular weight is 556 g/mol. The predicted octanol–water partition coefficient (Wildman–Crippen LogP) is 5.83. The lowest BCUT2D eigenvalue weighted by Crippen LogP contribution is -2.50. The highest BCUT2D eigenvalue weighted by Gasteiger charge is 2.48. The van der Waals surface area contributed by atoms with Crippen molar-refractivity contribution < 1.29 is 23.8 Å². The lowest BCUT2D eigenvalue weighted by molar-refractivity contribution is -0.153. The highest BCUT2D eigenvalue weighted by molar-refractivity contribution is 6.08. The van der Waals surface area contributed by atoms with Gasteiger partial charge < -0.3 is 18.8 Å². The number of methoxy groups -OCH3 is 1. The number of carbonyl (C=O) groups is 2. The van der Waals surface area contributed by atoms with Crippen LogP contribution in [0.25, 0.3) is 11.0 Å². The molecule has 0 unspecified atom stereocenters. The second-order valence-corrected chi connectivity index (χ2v) is 10.6. The summed E-state index contributed by atoms with van der Waals surface area (Å²) in [6.07, 6.45) is 1.53. The van der Waals surface area contributed by atoms with Crippen molar-refractivity contribution in [3.63, 3.8) is 0 Å². The maximum absolute atomic E-state index is 14.2. The number of fused-ring (bicyclic) bond motifs is 3. The van der Waals surface area contributed by atoms with Crippen LogP contribution in [0.1, 0.15) is 44.4 Å². The summed E-state index contributed by atoms with van der Waals surface area (Å²) in [4.78, 5) is 34.3. The fourth-order valence-electron chi connectivity index (χ4n) is 5.34. The van der Waals surface area contributed by atoms with Gasteiger partial charge in [-0.3, -0.25) is 14.5 Å². The molecule has 1 aliphatic rings. The zero-order valence-corrected chi connectivity index (χ0v) is 24.1. The van der Waals surface area contributed by atoms with Gasteiger partial charge in [0.2, 0.25) is 11.9 Å². The number of carbonyl (C=O) groups excluding carboxylic acids is 2. The third-order valence-electron chi connectivity index (χ3n) is 7.43. The summed E-state index contributed by atoms with van der Waals surface area (Å²) in [5, 5.41) is 0. The fraction of sp³-hybridized carbons (Fsp3) is 0.364. The predicted molar refractivity (Wildman–Crippen MR) is 158 cm³/mol. The second-order valence-electron chi connectivity index (χ2n) is 10.6. The quantitative estimate of drug-likeness (QED) is 0.171. The van der Waals surface area contributed by atoms with E-state index < -0.39 is 17.9 Å². The van der Waals surface area contributed by atoms with E-state index >= 15 is 0 Å². The molecule has 0 fully saturated rings. The molecule has 0 saturated heterocycles. The molecule has 8 nitrogen and oxygen atoms in total. The third-order valence-corrected chi connectivity index (χ3v) is 7.43. The van der Waals surface area contributed by atoms with Crippen molar-refractivity contribution >= 4 is 28.9 Å². The minimum absolute atomic E-state index is 0.169. The van der Waals surface area contributed by atoms with Crippen LogP contribution in [0, 0.1) is 11.8 Å². The van der Waals surface area contributed by atoms with E-state index in [4.69, 9.17) is 19.2 Å². The van der Waals surface area contributed by atoms with Crippen LogP contribution >= 0.6 is 0 Å². The Balaban J connectivity index is 1.62. The molecule has 41 heavy (non-hydrogen) atoms. The number of aromatic nitrogens is 2. The van der Waals surface area contributed by atoms with Crippen LogP contribution in [0.3, 0.4) is 0 Å². The fourth-order valence-corrected chi connectivity index (χ4v) is 5.34. The van der Waals surface area contributed by atoms with Gasteiger partial charge in [-0.1, -0.05) is 62.4 Å². The molecule has 1 amide bonds. The summed E-state index contributed by atoms with van der Waals surface area (Å²) in [5.74, 6) is 0.180. The van der Waals surface area contributed by atoms with Gasteiger partial charge in [0.25, 0.3) is 0 Å². The molecule has 4 aromatic rings. The maximum atomic E-state index is 14.2. The molecule has 0 bridgehead atoms. The van der Waals surface area contributed by atoms with E-state index in [1.165, 1.54) is 0 Å². The highest BCUT2D eigenvalue weighted by atomic mass is 16.5. The number of benzene rings is 3. The van der Waals surface area contributed by atoms with Crippen LogP contribution in [0.15, 0.2) is 72.8 Å². The number of imidazole rings is 1. The van der Waals surface area contributed by atoms with Crippen molar-refractivity contribution in [1.82, 2.24) is 9.55 Å². The Hall–Kier alpha value is -4.33. The third kappa shape index (κ3) is 5.78. The van der Waals surface area contributed by atoms with Crippen molar-refractivity contribution in [2.24, 2.45) is 11.8 Å². The van der Waals surface area contributed by atoms with Gasteiger partial charge in [-0.05, 0) is 61.1 Å². The van der Waals surface area contributed by atoms with Crippen LogP contribution in [-0.4, -0.2) is 48.3 Å². The topological polar surface area (TPSA) is 82.9 Å². The SMILES string of the molecule is CCOC(=O)[C@H]1C(=O)N(CCc2ccccc2)c2nc3ccccc3n2[C@@H]1c1ccc(OCCC(C)C)c(OC)c1. The summed E-state index contributed by atoms with van der Waals surface area (Å²) in [6, 6.07) is 22.6. The zero-order valence-electron chi connectivity index (χ0n) is 24.1. The van der Waals surface area contributed by atoms with Crippen molar-refractivity contribution in [2.75, 3.05) is 31.8 Å². The Labute approximate surface area is 240 Å². The molecule has 8 heteroatoms. The Kier molecular flexibility index (Phi) is 8.57. The monoisotopic (exact) mass is 555 g/mol. The number of para-hydroxylation sites is 2. The molecule has 2 atom stereocenters. The first-order chi connectivity index (χ1) is 19.9. The lowest BCUT2D eigenvalue weighted by Gasteiger charge is -2.38. The van der Waals surface area contributed by atoms with Crippen LogP contribution in [0.5, 0.6) is 11.5 Å². The van der Waals surface area contributed by atoms with Crippen molar-refractivity contribution in [1.29, 1.82) is 0 Å². The first-order valence-corrected chi connectivity index (χ1v) is 14.2. The minimum atomic E-state index is -1.10. The van der Waals surface area contributed by atoms with Crippen molar-refractivity contribution in [3.8, 4) is 11.5 Å². The summed E-state index contributed by atoms with van der Waals surface area (Å²) in [6.45, 7) is 7.15. The molecule has 0 spiro atoms. The molecule has 0 N–H and O–H groups in total. The van der Waals surface area contributed by atoms with Crippen LogP contribution < -0.4 is 14.4 Å². The van der Waals surface area contributed by atoms with Crippen LogP contribution in [0.4, 0.5) is 5.95 Å². The Morgan fingerprint density at radius 2 is 1.76 bits per heavy atom. The number of esters is 1. The van der Waals surface area contributed by atoms with Crippen LogP contribution in [0.2, 0.25) is 0 Å². The summed E-state index contributed by atoms with van der Waals surface area (Å²) in [7, 11) is 1.59. The molecule has 0 saturated carbocycles. The van der Waals surface area contributed by atoms with Gasteiger partial charge in [-0.15, -0.1) is 0 Å². The average Bonchev–Trinajstić information content (AvgIpc) is 3.36. The molecule has 0 radical (unpaired) electrons. The molecule has 1 aromatic heterocycles. The molecule has 1 aliphatic heterocycles. The second kappa shape index (κ2) is 12.5. The first kappa shape index (κ1) is 28.2. The summed E-state index contributed by atoms with van der Waals surface area (Å²) in [5.41, 5.74) is 3.40. The summed E-state index contributed by atoms with van der Waals surface area (Å²) >= 11 is 0. The molecular formula is C33H37N3O5. The minimum Gasteiger partial charge on any atom is -0.493 e. The van der Waals surface area contributed by atoms with Gasteiger partial charge in [0.05, 0.1) is 37.4 Å². The van der Waals surface area contributed by atoms with E-state index in [1.807, 2.05) is 77.4 Å². The molecule has 214 valence electrons. The van der Waals surface area contributed by atoms with Gasteiger partial charge in [-0.25, -0.2) is 4.98 Å². The van der Waals surface area contributed by atoms with E-state index in [-0.39, 0.29) is 12.5 Å². The first-order valence-electron chi connectivity index (χ1n) is 14.2. The Morgan fingerprint density at radius 3 is 2.49 bits per heavy atom. The van der Waals surface area contributed by atoms with Gasteiger partial charge in [0.1, 0.15) is 0 Å². The largest absolute Gasteiger partial charge is 0.493 e. The number of nitrogens with zero attached hydrogens (tertiary/aromatic N) is 3. The normalized spacial score (nSPS) is 16.6. The number of ether oxygens (including phenoxy) is 3. The van der Waals surface area contributed by atoms with Gasteiger partial charge in [0, 0.05) is 6.54 Å². The number of amides is 1. The van der Waals surface area contributed by atoms with Crippen molar-refractivity contribution in [2.45, 2.75) is 39.7 Å². The highest BCUT2D eigenvalue weighted by Crippen LogP contribution is 2.43. The lowest BCUT2D eigenvalue weighted by atomic mass is 9.89. The number of anilines is 1. The van der Waals surface area contributed by atoms with E-state index in [0.29, 0.717) is 42.9 Å². The number of hydrogen-bond donors (Lipinski definition) is 0. The maximum Gasteiger partial charge on any atom is 0.321 e. The van der Waals surface area contributed by atoms with Gasteiger partial charge in [0.15, 0.2) is 17.4 Å². The number of rotatable bonds is 11. The van der Waals surface area contributed by atoms with E-state index in [1.54, 1.807) is 18.9 Å². The van der Waals surface area contributed by atoms with E-state index in [9.17, 15) is 9.59 Å². The Bertz CT molecular complexity index is 1510. The van der Waals surface area contributed by atoms with Crippen molar-refractivity contribution in [3.05, 3.63) is 83.9 Å². The molecule has 3 aromatic carbocycles. The smallest absolute Gasteiger partial charge is 0.321 e. The molecular weight excluding hydrogens is 518 g/mol. The molecule has 5 rings (SSSR count). The van der Waals surface area contributed by atoms with Crippen LogP contribution in [-0.2, 0) is 20.7 Å².